The average molecular weight is 380 g/mol. The molecular formula is C22H28N4O2. The summed E-state index contributed by atoms with van der Waals surface area (Å²) in [6, 6.07) is 12.8. The van der Waals surface area contributed by atoms with Crippen LogP contribution >= 0.6 is 0 Å². The van der Waals surface area contributed by atoms with Crippen molar-refractivity contribution in [2.45, 2.75) is 37.9 Å². The Bertz CT molecular complexity index is 752. The number of ether oxygens (including phenoxy) is 1. The van der Waals surface area contributed by atoms with E-state index < -0.39 is 0 Å². The number of amides is 1. The van der Waals surface area contributed by atoms with E-state index in [9.17, 15) is 4.79 Å². The Hall–Kier alpha value is -2.28. The molecule has 2 aromatic rings. The van der Waals surface area contributed by atoms with Gasteiger partial charge in [-0.05, 0) is 49.1 Å². The third kappa shape index (κ3) is 4.95. The van der Waals surface area contributed by atoms with Gasteiger partial charge in [-0.25, -0.2) is 0 Å². The first kappa shape index (κ1) is 19.1. The molecule has 2 aliphatic heterocycles. The molecule has 2 aliphatic rings. The van der Waals surface area contributed by atoms with Gasteiger partial charge < -0.3 is 15.4 Å². The smallest absolute Gasteiger partial charge is 0.257 e. The highest BCUT2D eigenvalue weighted by Gasteiger charge is 2.27. The number of anilines is 1. The van der Waals surface area contributed by atoms with Crippen molar-refractivity contribution in [2.24, 2.45) is 0 Å². The van der Waals surface area contributed by atoms with Crippen LogP contribution in [0.1, 0.15) is 35.2 Å². The van der Waals surface area contributed by atoms with Gasteiger partial charge in [0.25, 0.3) is 5.91 Å². The number of pyridine rings is 1. The van der Waals surface area contributed by atoms with Crippen molar-refractivity contribution in [1.29, 1.82) is 0 Å². The SMILES string of the molecule is O=C(Nc1ccc(CNC2CCN(C3CCOC3)CC2)cc1)c1cccnc1. The number of rotatable bonds is 6. The van der Waals surface area contributed by atoms with Crippen molar-refractivity contribution in [3.63, 3.8) is 0 Å². The Morgan fingerprint density at radius 2 is 1.96 bits per heavy atom. The topological polar surface area (TPSA) is 66.5 Å². The number of piperidine rings is 1. The number of hydrogen-bond donors (Lipinski definition) is 2. The highest BCUT2D eigenvalue weighted by Crippen LogP contribution is 2.19. The Kier molecular flexibility index (Phi) is 6.31. The van der Waals surface area contributed by atoms with Crippen molar-refractivity contribution < 1.29 is 9.53 Å². The molecule has 1 aromatic carbocycles. The van der Waals surface area contributed by atoms with Crippen molar-refractivity contribution in [1.82, 2.24) is 15.2 Å². The van der Waals surface area contributed by atoms with Gasteiger partial charge in [0.15, 0.2) is 0 Å². The van der Waals surface area contributed by atoms with Crippen LogP contribution in [0.3, 0.4) is 0 Å². The van der Waals surface area contributed by atoms with Gasteiger partial charge in [-0.3, -0.25) is 14.7 Å². The maximum Gasteiger partial charge on any atom is 0.257 e. The summed E-state index contributed by atoms with van der Waals surface area (Å²) < 4.78 is 5.51. The molecule has 0 radical (unpaired) electrons. The number of carbonyl (C=O) groups is 1. The molecule has 0 aliphatic carbocycles. The van der Waals surface area contributed by atoms with Gasteiger partial charge in [0.2, 0.25) is 0 Å². The molecule has 148 valence electrons. The van der Waals surface area contributed by atoms with Gasteiger partial charge in [0.05, 0.1) is 12.2 Å². The first-order valence-electron chi connectivity index (χ1n) is 10.1. The first-order chi connectivity index (χ1) is 13.8. The van der Waals surface area contributed by atoms with Crippen molar-refractivity contribution in [2.75, 3.05) is 31.6 Å². The molecule has 2 N–H and O–H groups in total. The second kappa shape index (κ2) is 9.28. The predicted octanol–water partition coefficient (Wildman–Crippen LogP) is 2.68. The first-order valence-corrected chi connectivity index (χ1v) is 10.1. The van der Waals surface area contributed by atoms with Gasteiger partial charge >= 0.3 is 0 Å². The lowest BCUT2D eigenvalue weighted by Crippen LogP contribution is -2.46. The van der Waals surface area contributed by atoms with E-state index >= 15 is 0 Å². The molecule has 3 heterocycles. The molecule has 0 saturated carbocycles. The molecule has 1 amide bonds. The lowest BCUT2D eigenvalue weighted by molar-refractivity contribution is 0.102. The maximum absolute atomic E-state index is 12.2. The molecule has 0 spiro atoms. The van der Waals surface area contributed by atoms with E-state index in [4.69, 9.17) is 4.74 Å². The van der Waals surface area contributed by atoms with Crippen LogP contribution in [0.25, 0.3) is 0 Å². The van der Waals surface area contributed by atoms with Crippen LogP contribution in [0, 0.1) is 0 Å². The summed E-state index contributed by atoms with van der Waals surface area (Å²) in [5, 5.41) is 6.59. The fraction of sp³-hybridized carbons (Fsp3) is 0.455. The summed E-state index contributed by atoms with van der Waals surface area (Å²) in [5.74, 6) is -0.140. The van der Waals surface area contributed by atoms with Crippen LogP contribution in [0.4, 0.5) is 5.69 Å². The Labute approximate surface area is 166 Å². The van der Waals surface area contributed by atoms with Crippen LogP contribution < -0.4 is 10.6 Å². The number of hydrogen-bond acceptors (Lipinski definition) is 5. The van der Waals surface area contributed by atoms with Crippen LogP contribution in [0.5, 0.6) is 0 Å². The summed E-state index contributed by atoms with van der Waals surface area (Å²) in [5.41, 5.74) is 2.58. The van der Waals surface area contributed by atoms with Crippen LogP contribution in [0.2, 0.25) is 0 Å². The molecule has 0 bridgehead atoms. The minimum atomic E-state index is -0.140. The van der Waals surface area contributed by atoms with Gasteiger partial charge in [0, 0.05) is 56.4 Å². The van der Waals surface area contributed by atoms with E-state index in [1.807, 2.05) is 12.1 Å². The number of carbonyl (C=O) groups excluding carboxylic acids is 1. The van der Waals surface area contributed by atoms with Crippen molar-refractivity contribution in [3.8, 4) is 0 Å². The molecule has 6 heteroatoms. The number of aromatic nitrogens is 1. The second-order valence-electron chi connectivity index (χ2n) is 7.60. The van der Waals surface area contributed by atoms with E-state index in [0.29, 0.717) is 17.6 Å². The van der Waals surface area contributed by atoms with Crippen LogP contribution in [-0.4, -0.2) is 54.2 Å². The monoisotopic (exact) mass is 380 g/mol. The number of nitrogens with one attached hydrogen (secondary N) is 2. The summed E-state index contributed by atoms with van der Waals surface area (Å²) in [4.78, 5) is 18.7. The molecule has 28 heavy (non-hydrogen) atoms. The van der Waals surface area contributed by atoms with E-state index in [1.165, 1.54) is 24.8 Å². The maximum atomic E-state index is 12.2. The van der Waals surface area contributed by atoms with E-state index in [2.05, 4.69) is 32.7 Å². The number of benzene rings is 1. The summed E-state index contributed by atoms with van der Waals surface area (Å²) in [7, 11) is 0. The second-order valence-corrected chi connectivity index (χ2v) is 7.60. The van der Waals surface area contributed by atoms with Gasteiger partial charge in [-0.1, -0.05) is 12.1 Å². The number of nitrogens with zero attached hydrogens (tertiary/aromatic N) is 2. The molecule has 1 unspecified atom stereocenters. The Morgan fingerprint density at radius 1 is 1.14 bits per heavy atom. The van der Waals surface area contributed by atoms with E-state index in [0.717, 1.165) is 38.5 Å². The quantitative estimate of drug-likeness (QED) is 0.807. The molecule has 2 fully saturated rings. The van der Waals surface area contributed by atoms with Crippen LogP contribution in [0.15, 0.2) is 48.8 Å². The zero-order chi connectivity index (χ0) is 19.2. The lowest BCUT2D eigenvalue weighted by atomic mass is 10.0. The van der Waals surface area contributed by atoms with E-state index in [1.54, 1.807) is 24.5 Å². The third-order valence-electron chi connectivity index (χ3n) is 5.68. The molecular weight excluding hydrogens is 352 g/mol. The highest BCUT2D eigenvalue weighted by molar-refractivity contribution is 6.03. The molecule has 1 atom stereocenters. The normalized spacial score (nSPS) is 20.9. The molecule has 4 rings (SSSR count). The largest absolute Gasteiger partial charge is 0.380 e. The predicted molar refractivity (Wildman–Crippen MR) is 109 cm³/mol. The fourth-order valence-corrected chi connectivity index (χ4v) is 3.95. The lowest BCUT2D eigenvalue weighted by Gasteiger charge is -2.35. The summed E-state index contributed by atoms with van der Waals surface area (Å²) in [6.07, 6.45) is 6.79. The summed E-state index contributed by atoms with van der Waals surface area (Å²) in [6.45, 7) is 4.99. The Morgan fingerprint density at radius 3 is 2.64 bits per heavy atom. The molecule has 2 saturated heterocycles. The standard InChI is InChI=1S/C22H28N4O2/c27-22(18-2-1-10-23-15-18)25-20-5-3-17(4-6-20)14-24-19-7-11-26(12-8-19)21-9-13-28-16-21/h1-6,10,15,19,21,24H,7-9,11-14,16H2,(H,25,27). The third-order valence-corrected chi connectivity index (χ3v) is 5.68. The number of likely N-dealkylation sites (tertiary alicyclic amines) is 1. The van der Waals surface area contributed by atoms with Gasteiger partial charge in [-0.2, -0.15) is 0 Å². The van der Waals surface area contributed by atoms with Crippen LogP contribution in [-0.2, 0) is 11.3 Å². The molecule has 6 nitrogen and oxygen atoms in total. The average Bonchev–Trinajstić information content (AvgIpc) is 3.29. The zero-order valence-electron chi connectivity index (χ0n) is 16.1. The van der Waals surface area contributed by atoms with Crippen molar-refractivity contribution >= 4 is 11.6 Å². The molecule has 1 aromatic heterocycles. The van der Waals surface area contributed by atoms with Gasteiger partial charge in [0.1, 0.15) is 0 Å². The highest BCUT2D eigenvalue weighted by atomic mass is 16.5. The summed E-state index contributed by atoms with van der Waals surface area (Å²) >= 11 is 0. The van der Waals surface area contributed by atoms with Crippen molar-refractivity contribution in [3.05, 3.63) is 59.9 Å². The minimum absolute atomic E-state index is 0.140. The van der Waals surface area contributed by atoms with Gasteiger partial charge in [-0.15, -0.1) is 0 Å². The zero-order valence-corrected chi connectivity index (χ0v) is 16.1. The fourth-order valence-electron chi connectivity index (χ4n) is 3.95. The van der Waals surface area contributed by atoms with E-state index in [-0.39, 0.29) is 5.91 Å². The Balaban J connectivity index is 1.21. The minimum Gasteiger partial charge on any atom is -0.380 e.